The fourth-order valence-electron chi connectivity index (χ4n) is 7.96. The second-order valence-electron chi connectivity index (χ2n) is 18.5. The van der Waals surface area contributed by atoms with Gasteiger partial charge in [0.2, 0.25) is 0 Å². The first kappa shape index (κ1) is 60.6. The van der Waals surface area contributed by atoms with Crippen molar-refractivity contribution < 1.29 is 28.6 Å². The topological polar surface area (TPSA) is 78.9 Å². The lowest BCUT2D eigenvalue weighted by molar-refractivity contribution is -0.167. The first-order valence-corrected chi connectivity index (χ1v) is 27.5. The molecule has 0 heterocycles. The molecule has 0 amide bonds. The molecule has 0 rings (SSSR count). The highest BCUT2D eigenvalue weighted by Gasteiger charge is 2.19. The Balaban J connectivity index is 4.41. The molecule has 0 N–H and O–H groups in total. The predicted molar refractivity (Wildman–Crippen MR) is 270 cm³/mol. The standard InChI is InChI=1S/C57H104O6/c1-4-7-10-13-16-19-22-25-28-30-32-35-38-41-44-47-50-56(59)62-53-54(52-61-55(58)49-46-43-40-37-34-31-27-24-21-18-15-12-9-6-3)63-57(60)51-48-45-42-39-36-33-29-26-23-20-17-14-11-8-5-2/h28,30-32,34-35,54H,4-27,29,33,36-53H2,1-3H3/b30-28-,34-31-,35-32-. The summed E-state index contributed by atoms with van der Waals surface area (Å²) in [5.41, 5.74) is 0. The highest BCUT2D eigenvalue weighted by atomic mass is 16.6. The lowest BCUT2D eigenvalue weighted by Gasteiger charge is -2.18. The van der Waals surface area contributed by atoms with Crippen LogP contribution in [0.4, 0.5) is 0 Å². The average molecular weight is 885 g/mol. The molecule has 0 bridgehead atoms. The van der Waals surface area contributed by atoms with Gasteiger partial charge in [0.1, 0.15) is 13.2 Å². The number of allylic oxidation sites excluding steroid dienone is 6. The smallest absolute Gasteiger partial charge is 0.306 e. The number of carbonyl (C=O) groups is 3. The van der Waals surface area contributed by atoms with Crippen molar-refractivity contribution >= 4 is 17.9 Å². The van der Waals surface area contributed by atoms with Gasteiger partial charge in [0.15, 0.2) is 6.10 Å². The van der Waals surface area contributed by atoms with E-state index in [1.54, 1.807) is 0 Å². The molecule has 0 fully saturated rings. The first-order valence-electron chi connectivity index (χ1n) is 27.5. The van der Waals surface area contributed by atoms with Crippen molar-refractivity contribution in [2.45, 2.75) is 297 Å². The molecule has 63 heavy (non-hydrogen) atoms. The molecular weight excluding hydrogens is 781 g/mol. The average Bonchev–Trinajstić information content (AvgIpc) is 3.28. The van der Waals surface area contributed by atoms with E-state index in [0.717, 1.165) is 83.5 Å². The van der Waals surface area contributed by atoms with Crippen LogP contribution >= 0.6 is 0 Å². The number of hydrogen-bond donors (Lipinski definition) is 0. The highest BCUT2D eigenvalue weighted by Crippen LogP contribution is 2.16. The summed E-state index contributed by atoms with van der Waals surface area (Å²) in [6.07, 6.45) is 61.3. The third-order valence-corrected chi connectivity index (χ3v) is 12.1. The Morgan fingerprint density at radius 3 is 0.905 bits per heavy atom. The van der Waals surface area contributed by atoms with Gasteiger partial charge in [-0.1, -0.05) is 237 Å². The van der Waals surface area contributed by atoms with Crippen molar-refractivity contribution in [1.29, 1.82) is 0 Å². The third-order valence-electron chi connectivity index (χ3n) is 12.1. The minimum Gasteiger partial charge on any atom is -0.462 e. The van der Waals surface area contributed by atoms with E-state index in [9.17, 15) is 14.4 Å². The third kappa shape index (κ3) is 50.5. The summed E-state index contributed by atoms with van der Waals surface area (Å²) >= 11 is 0. The van der Waals surface area contributed by atoms with Gasteiger partial charge in [-0.15, -0.1) is 0 Å². The van der Waals surface area contributed by atoms with E-state index in [4.69, 9.17) is 14.2 Å². The number of unbranched alkanes of at least 4 members (excludes halogenated alkanes) is 34. The number of hydrogen-bond acceptors (Lipinski definition) is 6. The SMILES string of the molecule is CCCCCCCCC/C=C\C=C/CCCCCC(=O)OCC(COC(=O)CCCCC/C=C\CCCCCCCCC)OC(=O)CCCCCCCCCCCCCCCCC. The van der Waals surface area contributed by atoms with Gasteiger partial charge in [-0.25, -0.2) is 0 Å². The van der Waals surface area contributed by atoms with Crippen molar-refractivity contribution in [2.24, 2.45) is 0 Å². The van der Waals surface area contributed by atoms with E-state index in [1.807, 2.05) is 0 Å². The molecule has 0 spiro atoms. The molecule has 0 aromatic rings. The molecule has 1 unspecified atom stereocenters. The lowest BCUT2D eigenvalue weighted by Crippen LogP contribution is -2.30. The van der Waals surface area contributed by atoms with Crippen molar-refractivity contribution in [3.63, 3.8) is 0 Å². The Kier molecular flexibility index (Phi) is 50.3. The zero-order valence-electron chi connectivity index (χ0n) is 42.1. The van der Waals surface area contributed by atoms with Gasteiger partial charge in [-0.2, -0.15) is 0 Å². The lowest BCUT2D eigenvalue weighted by atomic mass is 10.0. The molecular formula is C57H104O6. The molecule has 0 radical (unpaired) electrons. The minimum absolute atomic E-state index is 0.0854. The van der Waals surface area contributed by atoms with E-state index in [0.29, 0.717) is 19.3 Å². The van der Waals surface area contributed by atoms with Gasteiger partial charge in [-0.3, -0.25) is 14.4 Å². The van der Waals surface area contributed by atoms with Crippen LogP contribution in [0.25, 0.3) is 0 Å². The maximum atomic E-state index is 12.8. The van der Waals surface area contributed by atoms with Crippen molar-refractivity contribution in [3.05, 3.63) is 36.5 Å². The molecule has 6 heteroatoms. The molecule has 0 saturated carbocycles. The van der Waals surface area contributed by atoms with Gasteiger partial charge in [0.25, 0.3) is 0 Å². The molecule has 0 aliphatic rings. The summed E-state index contributed by atoms with van der Waals surface area (Å²) in [6, 6.07) is 0. The Bertz CT molecular complexity index is 1060. The molecule has 0 aliphatic heterocycles. The van der Waals surface area contributed by atoms with Gasteiger partial charge < -0.3 is 14.2 Å². The van der Waals surface area contributed by atoms with E-state index in [-0.39, 0.29) is 31.1 Å². The van der Waals surface area contributed by atoms with Crippen molar-refractivity contribution in [1.82, 2.24) is 0 Å². The van der Waals surface area contributed by atoms with Crippen LogP contribution in [-0.4, -0.2) is 37.2 Å². The second-order valence-corrected chi connectivity index (χ2v) is 18.5. The fourth-order valence-corrected chi connectivity index (χ4v) is 7.96. The molecule has 0 saturated heterocycles. The zero-order valence-corrected chi connectivity index (χ0v) is 42.1. The van der Waals surface area contributed by atoms with Crippen molar-refractivity contribution in [3.8, 4) is 0 Å². The van der Waals surface area contributed by atoms with Gasteiger partial charge >= 0.3 is 17.9 Å². The summed E-state index contributed by atoms with van der Waals surface area (Å²) in [6.45, 7) is 6.62. The van der Waals surface area contributed by atoms with E-state index in [1.165, 1.54) is 167 Å². The maximum Gasteiger partial charge on any atom is 0.306 e. The number of rotatable bonds is 50. The second kappa shape index (κ2) is 52.3. The predicted octanol–water partition coefficient (Wildman–Crippen LogP) is 18.1. The first-order chi connectivity index (χ1) is 31.0. The van der Waals surface area contributed by atoms with E-state index < -0.39 is 6.10 Å². The Labute approximate surface area is 391 Å². The largest absolute Gasteiger partial charge is 0.462 e. The normalized spacial score (nSPS) is 12.2. The van der Waals surface area contributed by atoms with Gasteiger partial charge in [0, 0.05) is 19.3 Å². The molecule has 1 atom stereocenters. The Hall–Kier alpha value is -2.37. The fraction of sp³-hybridized carbons (Fsp3) is 0.842. The summed E-state index contributed by atoms with van der Waals surface area (Å²) in [5.74, 6) is -0.912. The zero-order chi connectivity index (χ0) is 45.8. The van der Waals surface area contributed by atoms with Crippen LogP contribution in [0.2, 0.25) is 0 Å². The highest BCUT2D eigenvalue weighted by molar-refractivity contribution is 5.71. The minimum atomic E-state index is -0.785. The van der Waals surface area contributed by atoms with Crippen molar-refractivity contribution in [2.75, 3.05) is 13.2 Å². The van der Waals surface area contributed by atoms with Crippen LogP contribution in [0, 0.1) is 0 Å². The molecule has 0 aliphatic carbocycles. The van der Waals surface area contributed by atoms with Gasteiger partial charge in [0.05, 0.1) is 0 Å². The number of esters is 3. The van der Waals surface area contributed by atoms with Crippen LogP contribution in [0.1, 0.15) is 290 Å². The molecule has 6 nitrogen and oxygen atoms in total. The van der Waals surface area contributed by atoms with E-state index >= 15 is 0 Å². The van der Waals surface area contributed by atoms with Gasteiger partial charge in [-0.05, 0) is 70.6 Å². The van der Waals surface area contributed by atoms with Crippen LogP contribution in [0.5, 0.6) is 0 Å². The molecule has 0 aromatic heterocycles. The molecule has 0 aromatic carbocycles. The van der Waals surface area contributed by atoms with Crippen LogP contribution in [-0.2, 0) is 28.6 Å². The Morgan fingerprint density at radius 1 is 0.317 bits per heavy atom. The molecule has 368 valence electrons. The van der Waals surface area contributed by atoms with Crippen LogP contribution in [0.3, 0.4) is 0 Å². The number of carbonyl (C=O) groups excluding carboxylic acids is 3. The quantitative estimate of drug-likeness (QED) is 0.0199. The number of ether oxygens (including phenoxy) is 3. The Morgan fingerprint density at radius 2 is 0.571 bits per heavy atom. The monoisotopic (exact) mass is 885 g/mol. The van der Waals surface area contributed by atoms with Crippen LogP contribution < -0.4 is 0 Å². The van der Waals surface area contributed by atoms with E-state index in [2.05, 4.69) is 57.2 Å². The maximum absolute atomic E-state index is 12.8. The van der Waals surface area contributed by atoms with Crippen LogP contribution in [0.15, 0.2) is 36.5 Å². The summed E-state index contributed by atoms with van der Waals surface area (Å²) < 4.78 is 16.8. The summed E-state index contributed by atoms with van der Waals surface area (Å²) in [5, 5.41) is 0. The summed E-state index contributed by atoms with van der Waals surface area (Å²) in [7, 11) is 0. The summed E-state index contributed by atoms with van der Waals surface area (Å²) in [4.78, 5) is 38.0.